The molecule has 32 heavy (non-hydrogen) atoms. The van der Waals surface area contributed by atoms with Gasteiger partial charge in [-0.3, -0.25) is 9.59 Å². The SMILES string of the molecule is CCCNC(=O)[C@@H](CC)N(Cc1ccccc1C)C(=O)COc1cccc2ccccc12. The fourth-order valence-corrected chi connectivity index (χ4v) is 3.80. The van der Waals surface area contributed by atoms with Gasteiger partial charge in [0.25, 0.3) is 5.91 Å². The number of fused-ring (bicyclic) bond motifs is 1. The number of amides is 2. The smallest absolute Gasteiger partial charge is 0.261 e. The van der Waals surface area contributed by atoms with Gasteiger partial charge in [0.1, 0.15) is 11.8 Å². The Morgan fingerprint density at radius 1 is 0.969 bits per heavy atom. The summed E-state index contributed by atoms with van der Waals surface area (Å²) in [5.41, 5.74) is 2.11. The molecule has 1 N–H and O–H groups in total. The summed E-state index contributed by atoms with van der Waals surface area (Å²) in [5, 5.41) is 4.96. The number of hydrogen-bond acceptors (Lipinski definition) is 3. The van der Waals surface area contributed by atoms with E-state index >= 15 is 0 Å². The first-order chi connectivity index (χ1) is 15.5. The van der Waals surface area contributed by atoms with Crippen LogP contribution in [0.5, 0.6) is 5.75 Å². The maximum atomic E-state index is 13.4. The second-order valence-corrected chi connectivity index (χ2v) is 7.93. The molecule has 0 aliphatic carbocycles. The third kappa shape index (κ3) is 5.67. The summed E-state index contributed by atoms with van der Waals surface area (Å²) >= 11 is 0. The van der Waals surface area contributed by atoms with Gasteiger partial charge in [0.05, 0.1) is 0 Å². The Labute approximate surface area is 190 Å². The molecule has 0 aliphatic heterocycles. The van der Waals surface area contributed by atoms with Crippen molar-refractivity contribution in [3.8, 4) is 5.75 Å². The first-order valence-corrected chi connectivity index (χ1v) is 11.3. The number of carbonyl (C=O) groups excluding carboxylic acids is 2. The molecule has 0 radical (unpaired) electrons. The predicted octanol–water partition coefficient (Wildman–Crippen LogP) is 4.86. The number of ether oxygens (including phenoxy) is 1. The molecule has 5 heteroatoms. The van der Waals surface area contributed by atoms with Gasteiger partial charge in [-0.1, -0.05) is 74.5 Å². The monoisotopic (exact) mass is 432 g/mol. The Balaban J connectivity index is 1.83. The van der Waals surface area contributed by atoms with Crippen LogP contribution in [0.4, 0.5) is 0 Å². The highest BCUT2D eigenvalue weighted by Gasteiger charge is 2.29. The highest BCUT2D eigenvalue weighted by Crippen LogP contribution is 2.25. The maximum absolute atomic E-state index is 13.4. The number of nitrogens with zero attached hydrogens (tertiary/aromatic N) is 1. The van der Waals surface area contributed by atoms with Gasteiger partial charge >= 0.3 is 0 Å². The van der Waals surface area contributed by atoms with E-state index in [1.807, 2.05) is 87.5 Å². The molecule has 0 bridgehead atoms. The van der Waals surface area contributed by atoms with Crippen LogP contribution in [0.1, 0.15) is 37.8 Å². The molecule has 0 saturated carbocycles. The topological polar surface area (TPSA) is 58.6 Å². The van der Waals surface area contributed by atoms with Gasteiger partial charge in [-0.25, -0.2) is 0 Å². The summed E-state index contributed by atoms with van der Waals surface area (Å²) in [7, 11) is 0. The van der Waals surface area contributed by atoms with Crippen molar-refractivity contribution in [3.05, 3.63) is 77.9 Å². The van der Waals surface area contributed by atoms with Crippen LogP contribution in [0.25, 0.3) is 10.8 Å². The average Bonchev–Trinajstić information content (AvgIpc) is 2.82. The number of carbonyl (C=O) groups is 2. The highest BCUT2D eigenvalue weighted by atomic mass is 16.5. The van der Waals surface area contributed by atoms with E-state index in [1.54, 1.807) is 4.90 Å². The molecule has 3 aromatic rings. The van der Waals surface area contributed by atoms with Crippen LogP contribution in [0, 0.1) is 6.92 Å². The average molecular weight is 433 g/mol. The minimum atomic E-state index is -0.551. The second-order valence-electron chi connectivity index (χ2n) is 7.93. The van der Waals surface area contributed by atoms with E-state index in [2.05, 4.69) is 5.32 Å². The van der Waals surface area contributed by atoms with Crippen molar-refractivity contribution in [2.75, 3.05) is 13.2 Å². The predicted molar refractivity (Wildman–Crippen MR) is 129 cm³/mol. The molecule has 0 unspecified atom stereocenters. The van der Waals surface area contributed by atoms with Crippen LogP contribution < -0.4 is 10.1 Å². The van der Waals surface area contributed by atoms with Gasteiger partial charge in [0.15, 0.2) is 6.61 Å². The van der Waals surface area contributed by atoms with E-state index in [9.17, 15) is 9.59 Å². The van der Waals surface area contributed by atoms with Gasteiger partial charge in [-0.15, -0.1) is 0 Å². The lowest BCUT2D eigenvalue weighted by atomic mass is 10.1. The lowest BCUT2D eigenvalue weighted by Gasteiger charge is -2.31. The van der Waals surface area contributed by atoms with E-state index in [1.165, 1.54) is 0 Å². The molecule has 0 aliphatic rings. The summed E-state index contributed by atoms with van der Waals surface area (Å²) < 4.78 is 5.96. The lowest BCUT2D eigenvalue weighted by Crippen LogP contribution is -2.50. The first-order valence-electron chi connectivity index (χ1n) is 11.3. The van der Waals surface area contributed by atoms with Crippen molar-refractivity contribution in [1.82, 2.24) is 10.2 Å². The van der Waals surface area contributed by atoms with Gasteiger partial charge < -0.3 is 15.0 Å². The second kappa shape index (κ2) is 11.3. The molecule has 2 amide bonds. The third-order valence-corrected chi connectivity index (χ3v) is 5.64. The van der Waals surface area contributed by atoms with Gasteiger partial charge in [0.2, 0.25) is 5.91 Å². The molecular formula is C27H32N2O3. The molecule has 0 fully saturated rings. The van der Waals surface area contributed by atoms with Crippen molar-refractivity contribution >= 4 is 22.6 Å². The van der Waals surface area contributed by atoms with E-state index < -0.39 is 6.04 Å². The molecule has 0 heterocycles. The number of aryl methyl sites for hydroxylation is 1. The number of rotatable bonds is 10. The zero-order valence-corrected chi connectivity index (χ0v) is 19.1. The van der Waals surface area contributed by atoms with E-state index in [4.69, 9.17) is 4.74 Å². The minimum absolute atomic E-state index is 0.124. The molecule has 0 saturated heterocycles. The van der Waals surface area contributed by atoms with Crippen LogP contribution in [0.2, 0.25) is 0 Å². The van der Waals surface area contributed by atoms with Crippen molar-refractivity contribution in [2.45, 2.75) is 46.2 Å². The Bertz CT molecular complexity index is 1060. The summed E-state index contributed by atoms with van der Waals surface area (Å²) in [4.78, 5) is 27.9. The summed E-state index contributed by atoms with van der Waals surface area (Å²) in [5.74, 6) is 0.330. The Hall–Kier alpha value is -3.34. The van der Waals surface area contributed by atoms with Crippen LogP contribution >= 0.6 is 0 Å². The van der Waals surface area contributed by atoms with E-state index in [0.29, 0.717) is 25.3 Å². The van der Waals surface area contributed by atoms with Crippen molar-refractivity contribution < 1.29 is 14.3 Å². The fourth-order valence-electron chi connectivity index (χ4n) is 3.80. The van der Waals surface area contributed by atoms with Crippen molar-refractivity contribution in [3.63, 3.8) is 0 Å². The zero-order valence-electron chi connectivity index (χ0n) is 19.1. The zero-order chi connectivity index (χ0) is 22.9. The van der Waals surface area contributed by atoms with Gasteiger partial charge in [0, 0.05) is 18.5 Å². The molecule has 3 rings (SSSR count). The van der Waals surface area contributed by atoms with Gasteiger partial charge in [-0.05, 0) is 42.3 Å². The summed E-state index contributed by atoms with van der Waals surface area (Å²) in [6.45, 7) is 6.78. The lowest BCUT2D eigenvalue weighted by molar-refractivity contribution is -0.142. The molecular weight excluding hydrogens is 400 g/mol. The normalized spacial score (nSPS) is 11.7. The third-order valence-electron chi connectivity index (χ3n) is 5.64. The molecule has 0 spiro atoms. The molecule has 0 aromatic heterocycles. The Morgan fingerprint density at radius 3 is 2.44 bits per heavy atom. The number of nitrogens with one attached hydrogen (secondary N) is 1. The maximum Gasteiger partial charge on any atom is 0.261 e. The minimum Gasteiger partial charge on any atom is -0.483 e. The largest absolute Gasteiger partial charge is 0.483 e. The van der Waals surface area contributed by atoms with Crippen LogP contribution in [0.15, 0.2) is 66.7 Å². The molecule has 5 nitrogen and oxygen atoms in total. The molecule has 1 atom stereocenters. The number of benzene rings is 3. The standard InChI is InChI=1S/C27H32N2O3/c1-4-17-28-27(31)24(5-2)29(18-22-13-7-6-11-20(22)3)26(30)19-32-25-16-10-14-21-12-8-9-15-23(21)25/h6-16,24H,4-5,17-19H2,1-3H3,(H,28,31)/t24-/m1/s1. The van der Waals surface area contributed by atoms with Crippen LogP contribution in [-0.2, 0) is 16.1 Å². The van der Waals surface area contributed by atoms with Crippen molar-refractivity contribution in [1.29, 1.82) is 0 Å². The quantitative estimate of drug-likeness (QED) is 0.498. The van der Waals surface area contributed by atoms with Crippen LogP contribution in [-0.4, -0.2) is 35.9 Å². The van der Waals surface area contributed by atoms with Crippen LogP contribution in [0.3, 0.4) is 0 Å². The first kappa shape index (κ1) is 23.3. The van der Waals surface area contributed by atoms with Gasteiger partial charge in [-0.2, -0.15) is 0 Å². The molecule has 168 valence electrons. The summed E-state index contributed by atoms with van der Waals surface area (Å²) in [6.07, 6.45) is 1.37. The number of hydrogen-bond donors (Lipinski definition) is 1. The fraction of sp³-hybridized carbons (Fsp3) is 0.333. The Kier molecular flexibility index (Phi) is 8.26. The molecule has 3 aromatic carbocycles. The van der Waals surface area contributed by atoms with E-state index in [-0.39, 0.29) is 18.4 Å². The highest BCUT2D eigenvalue weighted by molar-refractivity contribution is 5.90. The summed E-state index contributed by atoms with van der Waals surface area (Å²) in [6, 6.07) is 21.1. The van der Waals surface area contributed by atoms with E-state index in [0.717, 1.165) is 28.3 Å². The Morgan fingerprint density at radius 2 is 1.69 bits per heavy atom. The van der Waals surface area contributed by atoms with Crippen molar-refractivity contribution in [2.24, 2.45) is 0 Å².